The van der Waals surface area contributed by atoms with Crippen LogP contribution < -0.4 is 0 Å². The lowest BCUT2D eigenvalue weighted by Crippen LogP contribution is -2.38. The van der Waals surface area contributed by atoms with E-state index in [4.69, 9.17) is 19.8 Å². The van der Waals surface area contributed by atoms with E-state index in [-0.39, 0.29) is 0 Å². The Morgan fingerprint density at radius 2 is 1.62 bits per heavy atom. The van der Waals surface area contributed by atoms with E-state index >= 15 is 0 Å². The zero-order valence-electron chi connectivity index (χ0n) is 7.91. The Morgan fingerprint density at radius 1 is 1.12 bits per heavy atom. The monoisotopic (exact) mass is 484 g/mol. The van der Waals surface area contributed by atoms with Gasteiger partial charge in [-0.15, -0.1) is 4.67 Å². The maximum atomic E-state index is 11.5. The zero-order valence-corrected chi connectivity index (χ0v) is 13.1. The molecule has 16 heavy (non-hydrogen) atoms. The molecule has 0 saturated carbocycles. The maximum absolute atomic E-state index is 11.5. The molecule has 1 atom stereocenters. The van der Waals surface area contributed by atoms with Crippen LogP contribution in [0.15, 0.2) is 0 Å². The Balaban J connectivity index is 4.44. The highest BCUT2D eigenvalue weighted by atomic mass is 127. The van der Waals surface area contributed by atoms with E-state index in [2.05, 4.69) is 10.7 Å². The van der Waals surface area contributed by atoms with Crippen LogP contribution in [0, 0.1) is 5.41 Å². The van der Waals surface area contributed by atoms with Crippen LogP contribution in [0.2, 0.25) is 0 Å². The van der Waals surface area contributed by atoms with Crippen molar-refractivity contribution in [2.75, 3.05) is 26.4 Å². The fourth-order valence-electron chi connectivity index (χ4n) is 0.590. The van der Waals surface area contributed by atoms with E-state index in [1.165, 1.54) is 46.0 Å². The standard InChI is InChI=1S/C5H11I2O8P/c6-13-15-16(11,14-7)12-4-5(1-8,2-9)3-10/h8-10H,1-4H2. The molecule has 8 nitrogen and oxygen atoms in total. The van der Waals surface area contributed by atoms with E-state index in [9.17, 15) is 4.57 Å². The highest BCUT2D eigenvalue weighted by molar-refractivity contribution is 14.1. The number of aliphatic hydroxyl groups excluding tert-OH is 3. The van der Waals surface area contributed by atoms with Gasteiger partial charge in [0.2, 0.25) is 0 Å². The number of rotatable bonds is 9. The number of halogens is 2. The summed E-state index contributed by atoms with van der Waals surface area (Å²) in [6.45, 7) is -2.07. The van der Waals surface area contributed by atoms with E-state index in [1.54, 1.807) is 0 Å². The number of aliphatic hydroxyl groups is 3. The van der Waals surface area contributed by atoms with Crippen molar-refractivity contribution in [1.82, 2.24) is 0 Å². The fraction of sp³-hybridized carbons (Fsp3) is 1.00. The molecule has 1 unspecified atom stereocenters. The van der Waals surface area contributed by atoms with Gasteiger partial charge in [-0.1, -0.05) is 0 Å². The SMILES string of the molecule is O=P(OI)(OCC(CO)(CO)CO)OOI. The van der Waals surface area contributed by atoms with Crippen molar-refractivity contribution in [3.05, 3.63) is 0 Å². The Morgan fingerprint density at radius 3 is 1.94 bits per heavy atom. The molecule has 0 spiro atoms. The van der Waals surface area contributed by atoms with Gasteiger partial charge in [-0.2, -0.15) is 3.22 Å². The third kappa shape index (κ3) is 5.37. The van der Waals surface area contributed by atoms with E-state index in [1.807, 2.05) is 0 Å². The van der Waals surface area contributed by atoms with Crippen LogP contribution in [-0.4, -0.2) is 41.7 Å². The van der Waals surface area contributed by atoms with E-state index < -0.39 is 39.7 Å². The molecule has 0 rings (SSSR count). The van der Waals surface area contributed by atoms with Gasteiger partial charge in [-0.3, -0.25) is 4.52 Å². The zero-order chi connectivity index (χ0) is 12.7. The summed E-state index contributed by atoms with van der Waals surface area (Å²) in [5.41, 5.74) is -1.32. The van der Waals surface area contributed by atoms with Crippen molar-refractivity contribution in [2.24, 2.45) is 5.41 Å². The summed E-state index contributed by atoms with van der Waals surface area (Å²) < 4.78 is 29.1. The predicted molar refractivity (Wildman–Crippen MR) is 68.5 cm³/mol. The van der Waals surface area contributed by atoms with Gasteiger partial charge in [0, 0.05) is 0 Å². The molecular formula is C5H11I2O8P. The first-order valence-electron chi connectivity index (χ1n) is 3.86. The molecule has 0 amide bonds. The summed E-state index contributed by atoms with van der Waals surface area (Å²) >= 11 is 2.61. The topological polar surface area (TPSA) is 115 Å². The van der Waals surface area contributed by atoms with Crippen molar-refractivity contribution in [1.29, 1.82) is 0 Å². The molecule has 0 fully saturated rings. The van der Waals surface area contributed by atoms with E-state index in [0.717, 1.165) is 0 Å². The number of hydrogen-bond acceptors (Lipinski definition) is 8. The average molecular weight is 484 g/mol. The minimum absolute atomic E-state index is 0.420. The quantitative estimate of drug-likeness (QED) is 0.190. The molecule has 0 aliphatic rings. The molecule has 11 heteroatoms. The summed E-state index contributed by atoms with van der Waals surface area (Å²) in [6.07, 6.45) is 0. The minimum atomic E-state index is -3.91. The van der Waals surface area contributed by atoms with Crippen LogP contribution in [0.1, 0.15) is 0 Å². The number of phosphoric acid groups is 1. The average Bonchev–Trinajstić information content (AvgIpc) is 2.32. The maximum Gasteiger partial charge on any atom is 0.512 e. The summed E-state index contributed by atoms with van der Waals surface area (Å²) in [6, 6.07) is 0. The minimum Gasteiger partial charge on any atom is -0.396 e. The van der Waals surface area contributed by atoms with Crippen molar-refractivity contribution in [2.45, 2.75) is 0 Å². The molecule has 0 aromatic carbocycles. The second kappa shape index (κ2) is 8.50. The molecular weight excluding hydrogens is 473 g/mol. The van der Waals surface area contributed by atoms with Crippen LogP contribution >= 0.6 is 53.8 Å². The molecule has 0 aromatic rings. The fourth-order valence-corrected chi connectivity index (χ4v) is 2.33. The van der Waals surface area contributed by atoms with Gasteiger partial charge in [0.1, 0.15) is 23.0 Å². The first-order chi connectivity index (χ1) is 7.51. The smallest absolute Gasteiger partial charge is 0.396 e. The number of hydrogen-bond donors (Lipinski definition) is 3. The van der Waals surface area contributed by atoms with Crippen LogP contribution in [0.3, 0.4) is 0 Å². The lowest BCUT2D eigenvalue weighted by Gasteiger charge is -2.27. The van der Waals surface area contributed by atoms with Gasteiger partial charge in [0.25, 0.3) is 0 Å². The summed E-state index contributed by atoms with van der Waals surface area (Å²) in [5.74, 6) is 0. The Hall–Kier alpha value is 1.41. The van der Waals surface area contributed by atoms with Crippen molar-refractivity contribution < 1.29 is 35.2 Å². The molecule has 0 aliphatic carbocycles. The van der Waals surface area contributed by atoms with Gasteiger partial charge in [0.05, 0.1) is 31.8 Å². The van der Waals surface area contributed by atoms with Crippen molar-refractivity contribution >= 4 is 53.8 Å². The van der Waals surface area contributed by atoms with E-state index in [0.29, 0.717) is 0 Å². The van der Waals surface area contributed by atoms with Gasteiger partial charge >= 0.3 is 7.82 Å². The van der Waals surface area contributed by atoms with Crippen LogP contribution in [-0.2, 0) is 19.8 Å². The lowest BCUT2D eigenvalue weighted by molar-refractivity contribution is -0.0908. The normalized spacial score (nSPS) is 16.1. The van der Waals surface area contributed by atoms with Gasteiger partial charge in [-0.05, 0) is 0 Å². The van der Waals surface area contributed by atoms with Gasteiger partial charge in [0.15, 0.2) is 23.0 Å². The van der Waals surface area contributed by atoms with Crippen LogP contribution in [0.5, 0.6) is 0 Å². The highest BCUT2D eigenvalue weighted by Crippen LogP contribution is 2.53. The highest BCUT2D eigenvalue weighted by Gasteiger charge is 2.36. The van der Waals surface area contributed by atoms with Crippen LogP contribution in [0.4, 0.5) is 0 Å². The molecule has 0 aliphatic heterocycles. The summed E-state index contributed by atoms with van der Waals surface area (Å²) in [7, 11) is -3.91. The Labute approximate surface area is 120 Å². The largest absolute Gasteiger partial charge is 0.512 e. The van der Waals surface area contributed by atoms with Crippen LogP contribution in [0.25, 0.3) is 0 Å². The van der Waals surface area contributed by atoms with Crippen molar-refractivity contribution in [3.8, 4) is 0 Å². The Bertz CT molecular complexity index is 226. The molecule has 0 radical (unpaired) electrons. The molecule has 0 aromatic heterocycles. The first kappa shape index (κ1) is 17.4. The third-order valence-corrected chi connectivity index (χ3v) is 4.52. The second-order valence-electron chi connectivity index (χ2n) is 2.90. The molecule has 0 heterocycles. The predicted octanol–water partition coefficient (Wildman–Crippen LogP) is 0.739. The molecule has 0 saturated heterocycles. The lowest BCUT2D eigenvalue weighted by atomic mass is 9.93. The summed E-state index contributed by atoms with van der Waals surface area (Å²) in [5, 5.41) is 26.9. The van der Waals surface area contributed by atoms with Gasteiger partial charge < -0.3 is 15.3 Å². The molecule has 3 N–H and O–H groups in total. The molecule has 98 valence electrons. The first-order valence-corrected chi connectivity index (χ1v) is 7.08. The van der Waals surface area contributed by atoms with Gasteiger partial charge in [-0.25, -0.2) is 7.42 Å². The third-order valence-electron chi connectivity index (χ3n) is 1.74. The Kier molecular flexibility index (Phi) is 9.25. The summed E-state index contributed by atoms with van der Waals surface area (Å²) in [4.78, 5) is 0. The second-order valence-corrected chi connectivity index (χ2v) is 5.88. The van der Waals surface area contributed by atoms with Crippen molar-refractivity contribution in [3.63, 3.8) is 0 Å². The molecule has 0 bridgehead atoms.